The van der Waals surface area contributed by atoms with Gasteiger partial charge in [0.2, 0.25) is 0 Å². The number of aryl methyl sites for hydroxylation is 1. The molecule has 0 fully saturated rings. The molecule has 4 nitrogen and oxygen atoms in total. The number of carbonyl (C=O) groups is 1. The highest BCUT2D eigenvalue weighted by Crippen LogP contribution is 2.33. The van der Waals surface area contributed by atoms with E-state index in [1.165, 1.54) is 0 Å². The third-order valence-corrected chi connectivity index (χ3v) is 5.41. The van der Waals surface area contributed by atoms with E-state index >= 15 is 0 Å². The number of hydrogen-bond acceptors (Lipinski definition) is 3. The zero-order chi connectivity index (χ0) is 19.7. The standard InChI is InChI=1S/C23H20ClNO3.ClH/c24-19-5-1-3-16(11-19)17-4-2-6-20(12-17)28-21-8-7-15-9-10-23(25,22(26)27)14-18(15)13-21;/h1-8,11-13H,9-10,14,25H2,(H,26,27);1H. The second-order valence-electron chi connectivity index (χ2n) is 7.21. The monoisotopic (exact) mass is 429 g/mol. The average Bonchev–Trinajstić information content (AvgIpc) is 2.68. The quantitative estimate of drug-likeness (QED) is 0.574. The SMILES string of the molecule is Cl.NC1(C(=O)O)CCc2ccc(Oc3cccc(-c4cccc(Cl)c4)c3)cc2C1. The summed E-state index contributed by atoms with van der Waals surface area (Å²) in [7, 11) is 0. The summed E-state index contributed by atoms with van der Waals surface area (Å²) in [5.41, 5.74) is 8.93. The summed E-state index contributed by atoms with van der Waals surface area (Å²) < 4.78 is 6.04. The van der Waals surface area contributed by atoms with Gasteiger partial charge in [-0.15, -0.1) is 12.4 Å². The fourth-order valence-corrected chi connectivity index (χ4v) is 3.78. The van der Waals surface area contributed by atoms with Gasteiger partial charge in [-0.3, -0.25) is 4.79 Å². The predicted molar refractivity (Wildman–Crippen MR) is 117 cm³/mol. The third-order valence-electron chi connectivity index (χ3n) is 5.18. The molecule has 1 aliphatic carbocycles. The number of carboxylic acids is 1. The number of carboxylic acid groups (broad SMARTS) is 1. The second-order valence-corrected chi connectivity index (χ2v) is 7.65. The Morgan fingerprint density at radius 1 is 0.966 bits per heavy atom. The number of ether oxygens (including phenoxy) is 1. The Morgan fingerprint density at radius 3 is 2.38 bits per heavy atom. The first-order valence-electron chi connectivity index (χ1n) is 9.11. The van der Waals surface area contributed by atoms with Crippen molar-refractivity contribution in [2.45, 2.75) is 24.8 Å². The number of aliphatic carboxylic acids is 1. The van der Waals surface area contributed by atoms with E-state index in [2.05, 4.69) is 0 Å². The molecular weight excluding hydrogens is 409 g/mol. The molecule has 0 saturated carbocycles. The van der Waals surface area contributed by atoms with Gasteiger partial charge in [-0.25, -0.2) is 0 Å². The van der Waals surface area contributed by atoms with Gasteiger partial charge in [0.15, 0.2) is 0 Å². The first-order valence-corrected chi connectivity index (χ1v) is 9.49. The summed E-state index contributed by atoms with van der Waals surface area (Å²) in [4.78, 5) is 11.5. The number of halogens is 2. The van der Waals surface area contributed by atoms with Crippen LogP contribution in [0.5, 0.6) is 11.5 Å². The van der Waals surface area contributed by atoms with Gasteiger partial charge in [-0.1, -0.05) is 41.9 Å². The summed E-state index contributed by atoms with van der Waals surface area (Å²) in [6.45, 7) is 0. The maximum Gasteiger partial charge on any atom is 0.324 e. The molecule has 3 aromatic carbocycles. The van der Waals surface area contributed by atoms with Crippen LogP contribution in [0.2, 0.25) is 5.02 Å². The first kappa shape index (κ1) is 21.2. The van der Waals surface area contributed by atoms with Crippen LogP contribution >= 0.6 is 24.0 Å². The highest BCUT2D eigenvalue weighted by Gasteiger charge is 2.37. The van der Waals surface area contributed by atoms with E-state index in [-0.39, 0.29) is 12.4 Å². The third kappa shape index (κ3) is 4.56. The Bertz CT molecular complexity index is 1050. The fraction of sp³-hybridized carbons (Fsp3) is 0.174. The zero-order valence-corrected chi connectivity index (χ0v) is 17.2. The summed E-state index contributed by atoms with van der Waals surface area (Å²) >= 11 is 6.09. The number of hydrogen-bond donors (Lipinski definition) is 2. The molecule has 0 spiro atoms. The predicted octanol–water partition coefficient (Wildman–Crippen LogP) is 5.49. The van der Waals surface area contributed by atoms with Gasteiger partial charge >= 0.3 is 5.97 Å². The maximum atomic E-state index is 11.5. The highest BCUT2D eigenvalue weighted by atomic mass is 35.5. The lowest BCUT2D eigenvalue weighted by Crippen LogP contribution is -2.52. The van der Waals surface area contributed by atoms with Gasteiger partial charge in [0.25, 0.3) is 0 Å². The van der Waals surface area contributed by atoms with Crippen molar-refractivity contribution in [1.82, 2.24) is 0 Å². The molecule has 0 aromatic heterocycles. The molecule has 0 amide bonds. The average molecular weight is 430 g/mol. The summed E-state index contributed by atoms with van der Waals surface area (Å²) in [6, 6.07) is 21.2. The topological polar surface area (TPSA) is 72.6 Å². The molecule has 0 heterocycles. The second kappa shape index (κ2) is 8.46. The normalized spacial score (nSPS) is 17.7. The van der Waals surface area contributed by atoms with Crippen LogP contribution < -0.4 is 10.5 Å². The minimum Gasteiger partial charge on any atom is -0.480 e. The van der Waals surface area contributed by atoms with Gasteiger partial charge < -0.3 is 15.6 Å². The Balaban J connectivity index is 0.00000240. The molecule has 4 rings (SSSR count). The lowest BCUT2D eigenvalue weighted by atomic mass is 9.78. The molecule has 1 unspecified atom stereocenters. The maximum absolute atomic E-state index is 11.5. The summed E-state index contributed by atoms with van der Waals surface area (Å²) in [5, 5.41) is 10.1. The minimum absolute atomic E-state index is 0. The van der Waals surface area contributed by atoms with E-state index in [0.717, 1.165) is 22.3 Å². The van der Waals surface area contributed by atoms with E-state index in [1.807, 2.05) is 66.7 Å². The first-order chi connectivity index (χ1) is 13.4. The van der Waals surface area contributed by atoms with Crippen LogP contribution in [-0.2, 0) is 17.6 Å². The molecule has 0 radical (unpaired) electrons. The molecule has 29 heavy (non-hydrogen) atoms. The molecule has 1 aliphatic rings. The van der Waals surface area contributed by atoms with Crippen LogP contribution in [0.4, 0.5) is 0 Å². The fourth-order valence-electron chi connectivity index (χ4n) is 3.59. The Morgan fingerprint density at radius 2 is 1.66 bits per heavy atom. The van der Waals surface area contributed by atoms with Crippen molar-refractivity contribution < 1.29 is 14.6 Å². The van der Waals surface area contributed by atoms with Crippen molar-refractivity contribution in [2.24, 2.45) is 5.73 Å². The Kier molecular flexibility index (Phi) is 6.18. The van der Waals surface area contributed by atoms with Gasteiger partial charge in [-0.2, -0.15) is 0 Å². The van der Waals surface area contributed by atoms with Crippen LogP contribution in [-0.4, -0.2) is 16.6 Å². The number of rotatable bonds is 4. The Labute approximate surface area is 180 Å². The molecule has 150 valence electrons. The van der Waals surface area contributed by atoms with Gasteiger partial charge in [0.1, 0.15) is 17.0 Å². The summed E-state index contributed by atoms with van der Waals surface area (Å²) in [6.07, 6.45) is 1.40. The smallest absolute Gasteiger partial charge is 0.324 e. The molecule has 3 aromatic rings. The number of fused-ring (bicyclic) bond motifs is 1. The van der Waals surface area contributed by atoms with E-state index in [9.17, 15) is 9.90 Å². The van der Waals surface area contributed by atoms with Crippen LogP contribution in [0, 0.1) is 0 Å². The molecule has 3 N–H and O–H groups in total. The molecule has 1 atom stereocenters. The van der Waals surface area contributed by atoms with Crippen LogP contribution in [0.1, 0.15) is 17.5 Å². The molecule has 0 bridgehead atoms. The van der Waals surface area contributed by atoms with Crippen molar-refractivity contribution in [3.05, 3.63) is 82.9 Å². The van der Waals surface area contributed by atoms with Crippen molar-refractivity contribution >= 4 is 30.0 Å². The summed E-state index contributed by atoms with van der Waals surface area (Å²) in [5.74, 6) is 0.404. The van der Waals surface area contributed by atoms with Crippen LogP contribution in [0.15, 0.2) is 66.7 Å². The van der Waals surface area contributed by atoms with E-state index in [0.29, 0.717) is 35.8 Å². The van der Waals surface area contributed by atoms with Gasteiger partial charge in [-0.05, 0) is 71.5 Å². The van der Waals surface area contributed by atoms with Crippen molar-refractivity contribution in [3.63, 3.8) is 0 Å². The van der Waals surface area contributed by atoms with E-state index in [1.54, 1.807) is 0 Å². The number of nitrogens with two attached hydrogens (primary N) is 1. The van der Waals surface area contributed by atoms with Gasteiger partial charge in [0.05, 0.1) is 0 Å². The van der Waals surface area contributed by atoms with Gasteiger partial charge in [0, 0.05) is 11.4 Å². The minimum atomic E-state index is -1.21. The van der Waals surface area contributed by atoms with Crippen molar-refractivity contribution in [1.29, 1.82) is 0 Å². The van der Waals surface area contributed by atoms with E-state index < -0.39 is 11.5 Å². The molecule has 6 heteroatoms. The Hall–Kier alpha value is -2.53. The highest BCUT2D eigenvalue weighted by molar-refractivity contribution is 6.30. The van der Waals surface area contributed by atoms with E-state index in [4.69, 9.17) is 22.1 Å². The van der Waals surface area contributed by atoms with Crippen molar-refractivity contribution in [3.8, 4) is 22.6 Å². The largest absolute Gasteiger partial charge is 0.480 e. The lowest BCUT2D eigenvalue weighted by molar-refractivity contribution is -0.143. The molecule has 0 saturated heterocycles. The molecular formula is C23H21Cl2NO3. The van der Waals surface area contributed by atoms with Crippen molar-refractivity contribution in [2.75, 3.05) is 0 Å². The lowest BCUT2D eigenvalue weighted by Gasteiger charge is -2.31. The van der Waals surface area contributed by atoms with Crippen LogP contribution in [0.25, 0.3) is 11.1 Å². The van der Waals surface area contributed by atoms with Crippen LogP contribution in [0.3, 0.4) is 0 Å². The zero-order valence-electron chi connectivity index (χ0n) is 15.6. The number of benzene rings is 3. The molecule has 0 aliphatic heterocycles.